The van der Waals surface area contributed by atoms with Crippen LogP contribution >= 0.6 is 0 Å². The minimum atomic E-state index is -0.677. The van der Waals surface area contributed by atoms with E-state index in [1.807, 2.05) is 0 Å². The topological polar surface area (TPSA) is 66.8 Å². The van der Waals surface area contributed by atoms with Gasteiger partial charge in [0.1, 0.15) is 6.10 Å². The molecule has 0 aromatic carbocycles. The number of unbranched alkanes of at least 4 members (excludes halogenated alkanes) is 18. The largest absolute Gasteiger partial charge is 0.481 e. The molecular formula is C35H69NO4. The molecule has 0 bridgehead atoms. The first-order chi connectivity index (χ1) is 19.5. The number of ether oxygens (including phenoxy) is 1. The van der Waals surface area contributed by atoms with Crippen LogP contribution in [-0.4, -0.2) is 47.7 Å². The number of hydrogen-bond donors (Lipinski definition) is 1. The molecule has 0 aliphatic carbocycles. The van der Waals surface area contributed by atoms with Crippen molar-refractivity contribution in [2.75, 3.05) is 19.6 Å². The molecule has 0 aromatic rings. The molecule has 0 atom stereocenters. The number of aliphatic carboxylic acids is 1. The van der Waals surface area contributed by atoms with Crippen molar-refractivity contribution >= 4 is 11.9 Å². The van der Waals surface area contributed by atoms with E-state index in [1.165, 1.54) is 109 Å². The SMILES string of the molecule is CCCCCCCCC(CCCCCCCC)OC(=O)CCCCCCCN(CC)CCCCCCCC(=O)O. The lowest BCUT2D eigenvalue weighted by molar-refractivity contribution is -0.150. The summed E-state index contributed by atoms with van der Waals surface area (Å²) in [4.78, 5) is 25.7. The van der Waals surface area contributed by atoms with E-state index in [0.717, 1.165) is 64.6 Å². The van der Waals surface area contributed by atoms with Gasteiger partial charge in [0, 0.05) is 12.8 Å². The monoisotopic (exact) mass is 568 g/mol. The molecule has 0 spiro atoms. The number of carboxylic acid groups (broad SMARTS) is 1. The van der Waals surface area contributed by atoms with Crippen molar-refractivity contribution in [2.45, 2.75) is 194 Å². The lowest BCUT2D eigenvalue weighted by atomic mass is 10.0. The summed E-state index contributed by atoms with van der Waals surface area (Å²) in [5, 5.41) is 8.70. The van der Waals surface area contributed by atoms with Crippen molar-refractivity contribution in [1.82, 2.24) is 4.90 Å². The van der Waals surface area contributed by atoms with Gasteiger partial charge in [-0.15, -0.1) is 0 Å². The van der Waals surface area contributed by atoms with Crippen molar-refractivity contribution in [2.24, 2.45) is 0 Å². The van der Waals surface area contributed by atoms with Crippen LogP contribution < -0.4 is 0 Å². The quantitative estimate of drug-likeness (QED) is 0.0647. The van der Waals surface area contributed by atoms with Crippen LogP contribution in [0.15, 0.2) is 0 Å². The second-order valence-corrected chi connectivity index (χ2v) is 12.1. The average Bonchev–Trinajstić information content (AvgIpc) is 2.94. The molecule has 1 N–H and O–H groups in total. The molecule has 5 nitrogen and oxygen atoms in total. The third-order valence-electron chi connectivity index (χ3n) is 8.22. The predicted molar refractivity (Wildman–Crippen MR) is 171 cm³/mol. The molecule has 0 saturated carbocycles. The zero-order valence-electron chi connectivity index (χ0n) is 27.2. The highest BCUT2D eigenvalue weighted by molar-refractivity contribution is 5.69. The van der Waals surface area contributed by atoms with Crippen LogP contribution in [0.3, 0.4) is 0 Å². The Morgan fingerprint density at radius 2 is 0.950 bits per heavy atom. The van der Waals surface area contributed by atoms with E-state index in [-0.39, 0.29) is 12.1 Å². The maximum absolute atomic E-state index is 12.6. The molecule has 0 fully saturated rings. The molecule has 0 aromatic heterocycles. The van der Waals surface area contributed by atoms with Gasteiger partial charge in [0.2, 0.25) is 0 Å². The minimum Gasteiger partial charge on any atom is -0.481 e. The van der Waals surface area contributed by atoms with E-state index in [9.17, 15) is 9.59 Å². The maximum Gasteiger partial charge on any atom is 0.306 e. The van der Waals surface area contributed by atoms with E-state index >= 15 is 0 Å². The summed E-state index contributed by atoms with van der Waals surface area (Å²) in [7, 11) is 0. The summed E-state index contributed by atoms with van der Waals surface area (Å²) >= 11 is 0. The Labute approximate surface area is 249 Å². The highest BCUT2D eigenvalue weighted by atomic mass is 16.5. The summed E-state index contributed by atoms with van der Waals surface area (Å²) in [5.74, 6) is -0.648. The minimum absolute atomic E-state index is 0.0297. The summed E-state index contributed by atoms with van der Waals surface area (Å²) in [6.07, 6.45) is 29.8. The third-order valence-corrected chi connectivity index (χ3v) is 8.22. The van der Waals surface area contributed by atoms with E-state index in [1.54, 1.807) is 0 Å². The number of nitrogens with zero attached hydrogens (tertiary/aromatic N) is 1. The zero-order chi connectivity index (χ0) is 29.5. The standard InChI is InChI=1S/C35H69NO4/c1-4-7-9-11-15-21-27-33(28-22-16-12-10-8-5-2)40-35(39)30-24-18-14-20-26-32-36(6-3)31-25-19-13-17-23-29-34(37)38/h33H,4-32H2,1-3H3,(H,37,38). The molecular weight excluding hydrogens is 498 g/mol. The Balaban J connectivity index is 3.96. The van der Waals surface area contributed by atoms with Crippen LogP contribution in [-0.2, 0) is 14.3 Å². The summed E-state index contributed by atoms with van der Waals surface area (Å²) in [5.41, 5.74) is 0. The van der Waals surface area contributed by atoms with Gasteiger partial charge in [0.15, 0.2) is 0 Å². The third kappa shape index (κ3) is 28.4. The first-order valence-corrected chi connectivity index (χ1v) is 17.7. The Bertz CT molecular complexity index is 538. The number of carbonyl (C=O) groups is 2. The van der Waals surface area contributed by atoms with Crippen molar-refractivity contribution in [3.8, 4) is 0 Å². The molecule has 40 heavy (non-hydrogen) atoms. The van der Waals surface area contributed by atoms with Gasteiger partial charge in [-0.05, 0) is 71.0 Å². The van der Waals surface area contributed by atoms with Crippen molar-refractivity contribution in [1.29, 1.82) is 0 Å². The maximum atomic E-state index is 12.6. The van der Waals surface area contributed by atoms with Crippen LogP contribution in [0.5, 0.6) is 0 Å². The predicted octanol–water partition coefficient (Wildman–Crippen LogP) is 10.5. The van der Waals surface area contributed by atoms with Crippen LogP contribution in [0, 0.1) is 0 Å². The Hall–Kier alpha value is -1.10. The molecule has 0 unspecified atom stereocenters. The Kier molecular flexibility index (Phi) is 30.0. The van der Waals surface area contributed by atoms with Gasteiger partial charge >= 0.3 is 11.9 Å². The molecule has 0 amide bonds. The van der Waals surface area contributed by atoms with Gasteiger partial charge < -0.3 is 14.7 Å². The van der Waals surface area contributed by atoms with Gasteiger partial charge in [-0.2, -0.15) is 0 Å². The number of rotatable bonds is 32. The first-order valence-electron chi connectivity index (χ1n) is 17.7. The molecule has 0 saturated heterocycles. The van der Waals surface area contributed by atoms with Crippen molar-refractivity contribution < 1.29 is 19.4 Å². The van der Waals surface area contributed by atoms with E-state index < -0.39 is 5.97 Å². The summed E-state index contributed by atoms with van der Waals surface area (Å²) < 4.78 is 5.99. The van der Waals surface area contributed by atoms with Gasteiger partial charge in [-0.3, -0.25) is 9.59 Å². The normalized spacial score (nSPS) is 11.5. The van der Waals surface area contributed by atoms with Crippen LogP contribution in [0.1, 0.15) is 188 Å². The molecule has 0 aliphatic rings. The van der Waals surface area contributed by atoms with Crippen molar-refractivity contribution in [3.63, 3.8) is 0 Å². The second-order valence-electron chi connectivity index (χ2n) is 12.1. The summed E-state index contributed by atoms with van der Waals surface area (Å²) in [6.45, 7) is 10.2. The Morgan fingerprint density at radius 3 is 1.40 bits per heavy atom. The Morgan fingerprint density at radius 1 is 0.550 bits per heavy atom. The number of carboxylic acids is 1. The second kappa shape index (κ2) is 30.8. The van der Waals surface area contributed by atoms with Gasteiger partial charge in [0.25, 0.3) is 0 Å². The zero-order valence-corrected chi connectivity index (χ0v) is 27.2. The van der Waals surface area contributed by atoms with Crippen LogP contribution in [0.2, 0.25) is 0 Å². The fourth-order valence-corrected chi connectivity index (χ4v) is 5.52. The fraction of sp³-hybridized carbons (Fsp3) is 0.943. The van der Waals surface area contributed by atoms with Gasteiger partial charge in [-0.1, -0.05) is 124 Å². The van der Waals surface area contributed by atoms with Crippen LogP contribution in [0.25, 0.3) is 0 Å². The number of hydrogen-bond acceptors (Lipinski definition) is 4. The van der Waals surface area contributed by atoms with Gasteiger partial charge in [0.05, 0.1) is 0 Å². The van der Waals surface area contributed by atoms with Crippen LogP contribution in [0.4, 0.5) is 0 Å². The molecule has 0 rings (SSSR count). The summed E-state index contributed by atoms with van der Waals surface area (Å²) in [6, 6.07) is 0. The molecule has 0 heterocycles. The lowest BCUT2D eigenvalue weighted by Crippen LogP contribution is -2.25. The molecule has 0 aliphatic heterocycles. The smallest absolute Gasteiger partial charge is 0.306 e. The fourth-order valence-electron chi connectivity index (χ4n) is 5.52. The lowest BCUT2D eigenvalue weighted by Gasteiger charge is -2.20. The highest BCUT2D eigenvalue weighted by Gasteiger charge is 2.14. The van der Waals surface area contributed by atoms with Gasteiger partial charge in [-0.25, -0.2) is 0 Å². The highest BCUT2D eigenvalue weighted by Crippen LogP contribution is 2.18. The van der Waals surface area contributed by atoms with Crippen molar-refractivity contribution in [3.05, 3.63) is 0 Å². The number of carbonyl (C=O) groups excluding carboxylic acids is 1. The van der Waals surface area contributed by atoms with E-state index in [0.29, 0.717) is 12.8 Å². The molecule has 5 heteroatoms. The average molecular weight is 568 g/mol. The van der Waals surface area contributed by atoms with E-state index in [4.69, 9.17) is 9.84 Å². The number of esters is 1. The molecule has 238 valence electrons. The van der Waals surface area contributed by atoms with E-state index in [2.05, 4.69) is 25.7 Å². The molecule has 0 radical (unpaired) electrons. The first kappa shape index (κ1) is 38.9.